The van der Waals surface area contributed by atoms with Crippen LogP contribution in [0.15, 0.2) is 30.3 Å². The standard InChI is InChI=1S/C18H26N2/c1-16(2)19-15-18-10-13-20(14-11-18)12-6-9-17-7-4-3-5-8-17/h3-5,7-8,16,18-19H,10-15H2,1-2H3. The van der Waals surface area contributed by atoms with Gasteiger partial charge in [0.2, 0.25) is 0 Å². The lowest BCUT2D eigenvalue weighted by molar-refractivity contribution is 0.199. The van der Waals surface area contributed by atoms with E-state index in [0.29, 0.717) is 6.04 Å². The minimum atomic E-state index is 0.602. The summed E-state index contributed by atoms with van der Waals surface area (Å²) in [4.78, 5) is 2.47. The molecule has 2 nitrogen and oxygen atoms in total. The second-order valence-corrected chi connectivity index (χ2v) is 5.95. The number of piperidine rings is 1. The van der Waals surface area contributed by atoms with Crippen LogP contribution in [0, 0.1) is 17.8 Å². The molecule has 1 saturated heterocycles. The van der Waals surface area contributed by atoms with E-state index >= 15 is 0 Å². The van der Waals surface area contributed by atoms with Crippen LogP contribution < -0.4 is 5.32 Å². The van der Waals surface area contributed by atoms with Crippen LogP contribution in [0.1, 0.15) is 32.3 Å². The van der Waals surface area contributed by atoms with E-state index in [-0.39, 0.29) is 0 Å². The molecule has 1 aliphatic heterocycles. The van der Waals surface area contributed by atoms with Crippen molar-refractivity contribution < 1.29 is 0 Å². The van der Waals surface area contributed by atoms with E-state index < -0.39 is 0 Å². The summed E-state index contributed by atoms with van der Waals surface area (Å²) in [6, 6.07) is 10.8. The Morgan fingerprint density at radius 3 is 2.55 bits per heavy atom. The quantitative estimate of drug-likeness (QED) is 0.846. The van der Waals surface area contributed by atoms with Gasteiger partial charge in [-0.25, -0.2) is 0 Å². The van der Waals surface area contributed by atoms with E-state index in [4.69, 9.17) is 0 Å². The van der Waals surface area contributed by atoms with E-state index in [1.807, 2.05) is 18.2 Å². The lowest BCUT2D eigenvalue weighted by Crippen LogP contribution is -2.38. The summed E-state index contributed by atoms with van der Waals surface area (Å²) in [5.41, 5.74) is 1.11. The molecule has 1 aromatic rings. The van der Waals surface area contributed by atoms with Gasteiger partial charge in [-0.3, -0.25) is 4.90 Å². The van der Waals surface area contributed by atoms with Crippen molar-refractivity contribution in [3.05, 3.63) is 35.9 Å². The minimum absolute atomic E-state index is 0.602. The van der Waals surface area contributed by atoms with Gasteiger partial charge in [0.1, 0.15) is 0 Å². The predicted molar refractivity (Wildman–Crippen MR) is 85.6 cm³/mol. The molecule has 0 amide bonds. The lowest BCUT2D eigenvalue weighted by Gasteiger charge is -2.31. The first-order valence-electron chi connectivity index (χ1n) is 7.73. The Labute approximate surface area is 123 Å². The maximum absolute atomic E-state index is 3.55. The van der Waals surface area contributed by atoms with Crippen molar-refractivity contribution in [2.75, 3.05) is 26.2 Å². The van der Waals surface area contributed by atoms with Crippen LogP contribution in [-0.2, 0) is 0 Å². The Balaban J connectivity index is 1.69. The molecule has 1 aliphatic rings. The van der Waals surface area contributed by atoms with Gasteiger partial charge >= 0.3 is 0 Å². The van der Waals surface area contributed by atoms with Gasteiger partial charge in [-0.05, 0) is 50.5 Å². The van der Waals surface area contributed by atoms with E-state index in [1.165, 1.54) is 32.5 Å². The molecule has 0 spiro atoms. The summed E-state index contributed by atoms with van der Waals surface area (Å²) < 4.78 is 0. The molecule has 0 radical (unpaired) electrons. The van der Waals surface area contributed by atoms with Gasteiger partial charge in [0, 0.05) is 11.6 Å². The van der Waals surface area contributed by atoms with E-state index in [2.05, 4.69) is 48.0 Å². The van der Waals surface area contributed by atoms with Gasteiger partial charge in [-0.1, -0.05) is 43.9 Å². The topological polar surface area (TPSA) is 15.3 Å². The minimum Gasteiger partial charge on any atom is -0.314 e. The summed E-state index contributed by atoms with van der Waals surface area (Å²) in [5.74, 6) is 7.38. The van der Waals surface area contributed by atoms with Crippen molar-refractivity contribution in [3.8, 4) is 11.8 Å². The highest BCUT2D eigenvalue weighted by atomic mass is 15.1. The third kappa shape index (κ3) is 5.36. The summed E-state index contributed by atoms with van der Waals surface area (Å²) in [7, 11) is 0. The van der Waals surface area contributed by atoms with Crippen LogP contribution >= 0.6 is 0 Å². The molecule has 2 rings (SSSR count). The van der Waals surface area contributed by atoms with Crippen molar-refractivity contribution in [1.29, 1.82) is 0 Å². The number of hydrogen-bond donors (Lipinski definition) is 1. The predicted octanol–water partition coefficient (Wildman–Crippen LogP) is 2.75. The molecular weight excluding hydrogens is 244 g/mol. The first kappa shape index (κ1) is 15.1. The normalized spacial score (nSPS) is 16.9. The second kappa shape index (κ2) is 8.09. The highest BCUT2D eigenvalue weighted by Gasteiger charge is 2.18. The maximum Gasteiger partial charge on any atom is 0.0605 e. The summed E-state index contributed by atoms with van der Waals surface area (Å²) >= 11 is 0. The summed E-state index contributed by atoms with van der Waals surface area (Å²) in [6.07, 6.45) is 2.60. The molecule has 0 atom stereocenters. The molecule has 20 heavy (non-hydrogen) atoms. The molecule has 0 aromatic heterocycles. The molecule has 2 heteroatoms. The molecule has 0 bridgehead atoms. The highest BCUT2D eigenvalue weighted by molar-refractivity contribution is 5.33. The summed E-state index contributed by atoms with van der Waals surface area (Å²) in [6.45, 7) is 8.88. The number of likely N-dealkylation sites (tertiary alicyclic amines) is 1. The summed E-state index contributed by atoms with van der Waals surface area (Å²) in [5, 5.41) is 3.55. The number of benzene rings is 1. The number of nitrogens with zero attached hydrogens (tertiary/aromatic N) is 1. The zero-order chi connectivity index (χ0) is 14.2. The second-order valence-electron chi connectivity index (χ2n) is 5.95. The van der Waals surface area contributed by atoms with Crippen LogP contribution in [0.3, 0.4) is 0 Å². The third-order valence-electron chi connectivity index (χ3n) is 3.83. The van der Waals surface area contributed by atoms with Crippen molar-refractivity contribution >= 4 is 0 Å². The third-order valence-corrected chi connectivity index (χ3v) is 3.83. The molecule has 1 N–H and O–H groups in total. The van der Waals surface area contributed by atoms with Crippen LogP contribution in [0.4, 0.5) is 0 Å². The van der Waals surface area contributed by atoms with Gasteiger partial charge in [0.05, 0.1) is 6.54 Å². The molecule has 1 fully saturated rings. The zero-order valence-corrected chi connectivity index (χ0v) is 12.7. The molecule has 0 unspecified atom stereocenters. The zero-order valence-electron chi connectivity index (χ0n) is 12.7. The van der Waals surface area contributed by atoms with E-state index in [1.54, 1.807) is 0 Å². The van der Waals surface area contributed by atoms with Gasteiger partial charge < -0.3 is 5.32 Å². The fourth-order valence-electron chi connectivity index (χ4n) is 2.53. The van der Waals surface area contributed by atoms with Crippen molar-refractivity contribution in [3.63, 3.8) is 0 Å². The molecule has 108 valence electrons. The van der Waals surface area contributed by atoms with Gasteiger partial charge in [0.15, 0.2) is 0 Å². The fraction of sp³-hybridized carbons (Fsp3) is 0.556. The van der Waals surface area contributed by atoms with E-state index in [0.717, 1.165) is 18.0 Å². The number of rotatable bonds is 4. The molecule has 1 heterocycles. The van der Waals surface area contributed by atoms with Crippen LogP contribution in [-0.4, -0.2) is 37.1 Å². The number of nitrogens with one attached hydrogen (secondary N) is 1. The van der Waals surface area contributed by atoms with Crippen LogP contribution in [0.2, 0.25) is 0 Å². The van der Waals surface area contributed by atoms with Gasteiger partial charge in [-0.15, -0.1) is 0 Å². The van der Waals surface area contributed by atoms with E-state index in [9.17, 15) is 0 Å². The Kier molecular flexibility index (Phi) is 6.11. The Hall–Kier alpha value is -1.30. The highest BCUT2D eigenvalue weighted by Crippen LogP contribution is 2.15. The average molecular weight is 270 g/mol. The first-order valence-corrected chi connectivity index (χ1v) is 7.73. The smallest absolute Gasteiger partial charge is 0.0605 e. The van der Waals surface area contributed by atoms with Crippen LogP contribution in [0.5, 0.6) is 0 Å². The maximum atomic E-state index is 3.55. The molecule has 0 saturated carbocycles. The van der Waals surface area contributed by atoms with Crippen LogP contribution in [0.25, 0.3) is 0 Å². The molecular formula is C18H26N2. The van der Waals surface area contributed by atoms with Gasteiger partial charge in [-0.2, -0.15) is 0 Å². The lowest BCUT2D eigenvalue weighted by atomic mass is 9.96. The van der Waals surface area contributed by atoms with Gasteiger partial charge in [0.25, 0.3) is 0 Å². The number of hydrogen-bond acceptors (Lipinski definition) is 2. The van der Waals surface area contributed by atoms with Crippen molar-refractivity contribution in [1.82, 2.24) is 10.2 Å². The fourth-order valence-corrected chi connectivity index (χ4v) is 2.53. The van der Waals surface area contributed by atoms with Crippen molar-refractivity contribution in [2.24, 2.45) is 5.92 Å². The molecule has 1 aromatic carbocycles. The first-order chi connectivity index (χ1) is 9.74. The largest absolute Gasteiger partial charge is 0.314 e. The monoisotopic (exact) mass is 270 g/mol. The SMILES string of the molecule is CC(C)NCC1CCN(CC#Cc2ccccc2)CC1. The van der Waals surface area contributed by atoms with Crippen molar-refractivity contribution in [2.45, 2.75) is 32.7 Å². The molecule has 0 aliphatic carbocycles. The average Bonchev–Trinajstić information content (AvgIpc) is 2.47. The Morgan fingerprint density at radius 1 is 1.20 bits per heavy atom. The Bertz CT molecular complexity index is 433. The Morgan fingerprint density at radius 2 is 1.90 bits per heavy atom.